The molecule has 0 aromatic carbocycles. The monoisotopic (exact) mass is 295 g/mol. The highest BCUT2D eigenvalue weighted by Crippen LogP contribution is 2.21. The Labute approximate surface area is 125 Å². The minimum Gasteiger partial charge on any atom is -0.469 e. The first-order valence-corrected chi connectivity index (χ1v) is 7.43. The number of hydrogen-bond donors (Lipinski definition) is 1. The van der Waals surface area contributed by atoms with Crippen LogP contribution in [0.4, 0.5) is 0 Å². The molecule has 0 aliphatic heterocycles. The van der Waals surface area contributed by atoms with Crippen LogP contribution in [0.25, 0.3) is 0 Å². The van der Waals surface area contributed by atoms with Crippen molar-refractivity contribution in [2.75, 3.05) is 6.54 Å². The molecular formula is C15H22ClN3O. The smallest absolute Gasteiger partial charge is 0.130 e. The highest BCUT2D eigenvalue weighted by atomic mass is 35.5. The molecule has 0 radical (unpaired) electrons. The molecule has 2 aromatic heterocycles. The van der Waals surface area contributed by atoms with Crippen molar-refractivity contribution in [1.29, 1.82) is 0 Å². The van der Waals surface area contributed by atoms with Crippen LogP contribution in [0.5, 0.6) is 0 Å². The van der Waals surface area contributed by atoms with Crippen molar-refractivity contribution in [3.8, 4) is 0 Å². The Hall–Kier alpha value is -1.26. The van der Waals surface area contributed by atoms with Gasteiger partial charge in [-0.15, -0.1) is 0 Å². The zero-order chi connectivity index (χ0) is 14.5. The molecule has 2 rings (SSSR count). The summed E-state index contributed by atoms with van der Waals surface area (Å²) in [5.41, 5.74) is 2.15. The number of halogens is 1. The van der Waals surface area contributed by atoms with E-state index in [1.54, 1.807) is 10.9 Å². The molecule has 0 aliphatic rings. The topological polar surface area (TPSA) is 43.0 Å². The molecule has 0 fully saturated rings. The van der Waals surface area contributed by atoms with Gasteiger partial charge in [0.2, 0.25) is 0 Å². The van der Waals surface area contributed by atoms with Gasteiger partial charge in [0.15, 0.2) is 0 Å². The van der Waals surface area contributed by atoms with Crippen molar-refractivity contribution in [3.05, 3.63) is 40.6 Å². The van der Waals surface area contributed by atoms with E-state index in [1.807, 2.05) is 26.1 Å². The second kappa shape index (κ2) is 6.95. The molecule has 110 valence electrons. The molecule has 0 saturated heterocycles. The summed E-state index contributed by atoms with van der Waals surface area (Å²) < 4.78 is 7.13. The minimum absolute atomic E-state index is 0.380. The van der Waals surface area contributed by atoms with Gasteiger partial charge in [-0.2, -0.15) is 5.10 Å². The Morgan fingerprint density at radius 1 is 1.50 bits per heavy atom. The van der Waals surface area contributed by atoms with Crippen LogP contribution in [0.3, 0.4) is 0 Å². The number of aryl methyl sites for hydroxylation is 3. The lowest BCUT2D eigenvalue weighted by Gasteiger charge is -2.17. The van der Waals surface area contributed by atoms with Gasteiger partial charge in [0.05, 0.1) is 12.0 Å². The van der Waals surface area contributed by atoms with Crippen LogP contribution < -0.4 is 5.32 Å². The van der Waals surface area contributed by atoms with Gasteiger partial charge in [0.1, 0.15) is 10.9 Å². The molecule has 1 atom stereocenters. The fourth-order valence-electron chi connectivity index (χ4n) is 2.49. The average molecular weight is 296 g/mol. The molecule has 5 heteroatoms. The molecule has 20 heavy (non-hydrogen) atoms. The maximum Gasteiger partial charge on any atom is 0.130 e. The highest BCUT2D eigenvalue weighted by Gasteiger charge is 2.17. The van der Waals surface area contributed by atoms with Gasteiger partial charge in [-0.1, -0.05) is 18.5 Å². The van der Waals surface area contributed by atoms with Crippen molar-refractivity contribution >= 4 is 11.6 Å². The molecular weight excluding hydrogens is 274 g/mol. The molecule has 1 unspecified atom stereocenters. The summed E-state index contributed by atoms with van der Waals surface area (Å²) in [5.74, 6) is 1.03. The van der Waals surface area contributed by atoms with E-state index in [-0.39, 0.29) is 0 Å². The van der Waals surface area contributed by atoms with Crippen LogP contribution >= 0.6 is 11.6 Å². The van der Waals surface area contributed by atoms with Gasteiger partial charge in [0, 0.05) is 25.1 Å². The molecule has 0 aliphatic carbocycles. The van der Waals surface area contributed by atoms with Crippen molar-refractivity contribution in [2.45, 2.75) is 39.2 Å². The number of aromatic nitrogens is 2. The van der Waals surface area contributed by atoms with Crippen LogP contribution in [-0.4, -0.2) is 22.4 Å². The van der Waals surface area contributed by atoms with E-state index in [9.17, 15) is 0 Å². The normalized spacial score (nSPS) is 12.8. The van der Waals surface area contributed by atoms with E-state index in [0.29, 0.717) is 6.04 Å². The van der Waals surface area contributed by atoms with Crippen molar-refractivity contribution in [1.82, 2.24) is 15.1 Å². The summed E-state index contributed by atoms with van der Waals surface area (Å²) in [5, 5.41) is 8.63. The van der Waals surface area contributed by atoms with E-state index < -0.39 is 0 Å². The number of rotatable bonds is 7. The van der Waals surface area contributed by atoms with Crippen molar-refractivity contribution < 1.29 is 4.42 Å². The van der Waals surface area contributed by atoms with E-state index in [2.05, 4.69) is 17.3 Å². The first kappa shape index (κ1) is 15.1. The van der Waals surface area contributed by atoms with Crippen LogP contribution in [0, 0.1) is 6.92 Å². The maximum atomic E-state index is 6.31. The van der Waals surface area contributed by atoms with Crippen LogP contribution in [0.1, 0.15) is 30.4 Å². The predicted octanol–water partition coefficient (Wildman–Crippen LogP) is 3.13. The van der Waals surface area contributed by atoms with Gasteiger partial charge in [-0.25, -0.2) is 0 Å². The van der Waals surface area contributed by atoms with Crippen molar-refractivity contribution in [3.63, 3.8) is 0 Å². The first-order chi connectivity index (χ1) is 9.61. The van der Waals surface area contributed by atoms with Gasteiger partial charge < -0.3 is 9.73 Å². The van der Waals surface area contributed by atoms with E-state index in [0.717, 1.165) is 48.0 Å². The minimum atomic E-state index is 0.380. The highest BCUT2D eigenvalue weighted by molar-refractivity contribution is 6.30. The van der Waals surface area contributed by atoms with E-state index >= 15 is 0 Å². The zero-order valence-corrected chi connectivity index (χ0v) is 13.1. The molecule has 1 N–H and O–H groups in total. The number of hydrogen-bond acceptors (Lipinski definition) is 3. The Balaban J connectivity index is 2.01. The number of likely N-dealkylation sites (N-methyl/N-ethyl adjacent to an activating group) is 1. The Bertz CT molecular complexity index is 534. The summed E-state index contributed by atoms with van der Waals surface area (Å²) >= 11 is 6.31. The molecule has 0 saturated carbocycles. The third-order valence-corrected chi connectivity index (χ3v) is 4.01. The number of nitrogens with one attached hydrogen (secondary N) is 1. The quantitative estimate of drug-likeness (QED) is 0.853. The lowest BCUT2D eigenvalue weighted by Crippen LogP contribution is -2.31. The largest absolute Gasteiger partial charge is 0.469 e. The van der Waals surface area contributed by atoms with Gasteiger partial charge in [-0.3, -0.25) is 4.68 Å². The molecule has 4 nitrogen and oxygen atoms in total. The summed E-state index contributed by atoms with van der Waals surface area (Å²) in [6.07, 6.45) is 4.57. The van der Waals surface area contributed by atoms with Crippen molar-refractivity contribution in [2.24, 2.45) is 7.05 Å². The van der Waals surface area contributed by atoms with Crippen LogP contribution in [-0.2, 0) is 19.9 Å². The van der Waals surface area contributed by atoms with E-state index in [1.165, 1.54) is 0 Å². The summed E-state index contributed by atoms with van der Waals surface area (Å²) in [6.45, 7) is 5.08. The molecule has 0 bridgehead atoms. The Morgan fingerprint density at radius 3 is 2.85 bits per heavy atom. The predicted molar refractivity (Wildman–Crippen MR) is 81.2 cm³/mol. The van der Waals surface area contributed by atoms with Gasteiger partial charge >= 0.3 is 0 Å². The lowest BCUT2D eigenvalue weighted by molar-refractivity contribution is 0.447. The summed E-state index contributed by atoms with van der Waals surface area (Å²) in [4.78, 5) is 0. The summed E-state index contributed by atoms with van der Waals surface area (Å²) in [7, 11) is 1.88. The standard InChI is InChI=1S/C15H22ClN3O/c1-4-17-12(7-8-13-6-5-9-20-13)10-14-11(2)18-19(3)15(14)16/h5-6,9,12,17H,4,7-8,10H2,1-3H3. The third kappa shape index (κ3) is 3.64. The molecule has 0 amide bonds. The average Bonchev–Trinajstić information content (AvgIpc) is 3.00. The third-order valence-electron chi connectivity index (χ3n) is 3.53. The molecule has 2 aromatic rings. The van der Waals surface area contributed by atoms with Crippen LogP contribution in [0.2, 0.25) is 5.15 Å². The second-order valence-electron chi connectivity index (χ2n) is 5.06. The molecule has 2 heterocycles. The SMILES string of the molecule is CCNC(CCc1ccco1)Cc1c(C)nn(C)c1Cl. The van der Waals surface area contributed by atoms with Gasteiger partial charge in [0.25, 0.3) is 0 Å². The number of furan rings is 1. The van der Waals surface area contributed by atoms with E-state index in [4.69, 9.17) is 16.0 Å². The fourth-order valence-corrected chi connectivity index (χ4v) is 2.74. The maximum absolute atomic E-state index is 6.31. The fraction of sp³-hybridized carbons (Fsp3) is 0.533. The Morgan fingerprint density at radius 2 is 2.30 bits per heavy atom. The lowest BCUT2D eigenvalue weighted by atomic mass is 10.0. The zero-order valence-electron chi connectivity index (χ0n) is 12.3. The van der Waals surface area contributed by atoms with Crippen LogP contribution in [0.15, 0.2) is 22.8 Å². The Kier molecular flexibility index (Phi) is 5.26. The van der Waals surface area contributed by atoms with Gasteiger partial charge in [-0.05, 0) is 38.4 Å². The second-order valence-corrected chi connectivity index (χ2v) is 5.41. The molecule has 0 spiro atoms. The first-order valence-electron chi connectivity index (χ1n) is 7.05. The number of nitrogens with zero attached hydrogens (tertiary/aromatic N) is 2. The summed E-state index contributed by atoms with van der Waals surface area (Å²) in [6, 6.07) is 4.33.